The lowest BCUT2D eigenvalue weighted by atomic mass is 10.1. The van der Waals surface area contributed by atoms with Crippen molar-refractivity contribution in [3.05, 3.63) is 50.4 Å². The normalized spacial score (nSPS) is 12.2. The van der Waals surface area contributed by atoms with E-state index in [9.17, 15) is 10.2 Å². The van der Waals surface area contributed by atoms with Crippen LogP contribution < -0.4 is 5.32 Å². The van der Waals surface area contributed by atoms with E-state index in [2.05, 4.69) is 21.2 Å². The summed E-state index contributed by atoms with van der Waals surface area (Å²) in [5.41, 5.74) is 1.03. The summed E-state index contributed by atoms with van der Waals surface area (Å²) in [7, 11) is 0. The van der Waals surface area contributed by atoms with E-state index in [-0.39, 0.29) is 17.5 Å². The zero-order valence-electron chi connectivity index (χ0n) is 10.5. The molecule has 0 aliphatic heterocycles. The molecule has 0 saturated heterocycles. The van der Waals surface area contributed by atoms with E-state index in [0.29, 0.717) is 25.8 Å². The van der Waals surface area contributed by atoms with Crippen LogP contribution in [-0.2, 0) is 0 Å². The molecule has 106 valence electrons. The molecule has 0 aliphatic rings. The minimum absolute atomic E-state index is 0.0179. The number of phenolic OH excluding ortho intramolecular Hbond substituents is 2. The van der Waals surface area contributed by atoms with Crippen molar-refractivity contribution in [3.8, 4) is 11.5 Å². The fourth-order valence-corrected chi connectivity index (χ4v) is 2.76. The fourth-order valence-electron chi connectivity index (χ4n) is 1.93. The van der Waals surface area contributed by atoms with Crippen LogP contribution in [0.25, 0.3) is 0 Å². The van der Waals surface area contributed by atoms with Gasteiger partial charge < -0.3 is 15.5 Å². The van der Waals surface area contributed by atoms with Gasteiger partial charge in [0.2, 0.25) is 0 Å². The van der Waals surface area contributed by atoms with Crippen LogP contribution in [-0.4, -0.2) is 10.2 Å². The lowest BCUT2D eigenvalue weighted by molar-refractivity contribution is 0.434. The van der Waals surface area contributed by atoms with Crippen LogP contribution in [0.2, 0.25) is 10.0 Å². The van der Waals surface area contributed by atoms with E-state index in [1.54, 1.807) is 25.1 Å². The molecule has 0 heterocycles. The summed E-state index contributed by atoms with van der Waals surface area (Å²) in [6, 6.07) is 7.81. The Bertz CT molecular complexity index is 629. The zero-order chi connectivity index (χ0) is 14.9. The quantitative estimate of drug-likeness (QED) is 0.633. The SMILES string of the molecule is CC(Nc1ccc(Br)c(Cl)c1Cl)c1c(O)cccc1O. The molecule has 0 radical (unpaired) electrons. The van der Waals surface area contributed by atoms with Gasteiger partial charge in [0.25, 0.3) is 0 Å². The van der Waals surface area contributed by atoms with Crippen molar-refractivity contribution in [2.45, 2.75) is 13.0 Å². The van der Waals surface area contributed by atoms with Gasteiger partial charge in [0.1, 0.15) is 11.5 Å². The number of benzene rings is 2. The average Bonchev–Trinajstić information content (AvgIpc) is 2.39. The molecular formula is C14H12BrCl2NO2. The number of halogens is 3. The summed E-state index contributed by atoms with van der Waals surface area (Å²) in [6.45, 7) is 1.81. The minimum atomic E-state index is -0.342. The van der Waals surface area contributed by atoms with Crippen molar-refractivity contribution >= 4 is 44.8 Å². The first kappa shape index (κ1) is 15.3. The first-order chi connectivity index (χ1) is 9.41. The maximum absolute atomic E-state index is 9.84. The maximum Gasteiger partial charge on any atom is 0.124 e. The van der Waals surface area contributed by atoms with Crippen molar-refractivity contribution in [3.63, 3.8) is 0 Å². The third-order valence-corrected chi connectivity index (χ3v) is 4.67. The van der Waals surface area contributed by atoms with Crippen LogP contribution in [0.1, 0.15) is 18.5 Å². The molecule has 3 N–H and O–H groups in total. The van der Waals surface area contributed by atoms with Gasteiger partial charge in [-0.2, -0.15) is 0 Å². The van der Waals surface area contributed by atoms with Gasteiger partial charge in [0.05, 0.1) is 27.3 Å². The number of hydrogen-bond donors (Lipinski definition) is 3. The Kier molecular flexibility index (Phi) is 4.68. The maximum atomic E-state index is 9.84. The average molecular weight is 377 g/mol. The van der Waals surface area contributed by atoms with E-state index >= 15 is 0 Å². The minimum Gasteiger partial charge on any atom is -0.507 e. The highest BCUT2D eigenvalue weighted by molar-refractivity contribution is 9.10. The van der Waals surface area contributed by atoms with Crippen LogP contribution in [0.5, 0.6) is 11.5 Å². The fraction of sp³-hybridized carbons (Fsp3) is 0.143. The van der Waals surface area contributed by atoms with Crippen LogP contribution in [0, 0.1) is 0 Å². The predicted molar refractivity (Wildman–Crippen MR) is 86.0 cm³/mol. The molecule has 2 aromatic rings. The van der Waals surface area contributed by atoms with Gasteiger partial charge in [0, 0.05) is 4.47 Å². The number of rotatable bonds is 3. The topological polar surface area (TPSA) is 52.5 Å². The van der Waals surface area contributed by atoms with Gasteiger partial charge in [-0.1, -0.05) is 29.3 Å². The zero-order valence-corrected chi connectivity index (χ0v) is 13.6. The Balaban J connectivity index is 2.33. The number of hydrogen-bond acceptors (Lipinski definition) is 3. The van der Waals surface area contributed by atoms with Gasteiger partial charge >= 0.3 is 0 Å². The monoisotopic (exact) mass is 375 g/mol. The van der Waals surface area contributed by atoms with Crippen molar-refractivity contribution in [2.24, 2.45) is 0 Å². The first-order valence-electron chi connectivity index (χ1n) is 5.82. The molecule has 2 rings (SSSR count). The smallest absolute Gasteiger partial charge is 0.124 e. The first-order valence-corrected chi connectivity index (χ1v) is 7.37. The Morgan fingerprint density at radius 3 is 2.25 bits per heavy atom. The predicted octanol–water partition coefficient (Wildman–Crippen LogP) is 5.34. The van der Waals surface area contributed by atoms with Crippen molar-refractivity contribution in [2.75, 3.05) is 5.32 Å². The van der Waals surface area contributed by atoms with E-state index < -0.39 is 0 Å². The van der Waals surface area contributed by atoms with Crippen molar-refractivity contribution in [1.82, 2.24) is 0 Å². The summed E-state index contributed by atoms with van der Waals surface area (Å²) in [5, 5.41) is 23.6. The van der Waals surface area contributed by atoms with Crippen LogP contribution in [0.4, 0.5) is 5.69 Å². The largest absolute Gasteiger partial charge is 0.507 e. The number of nitrogens with one attached hydrogen (secondary N) is 1. The van der Waals surface area contributed by atoms with E-state index in [0.717, 1.165) is 0 Å². The second kappa shape index (κ2) is 6.12. The molecule has 0 spiro atoms. The van der Waals surface area contributed by atoms with E-state index in [1.807, 2.05) is 0 Å². The molecule has 20 heavy (non-hydrogen) atoms. The highest BCUT2D eigenvalue weighted by Gasteiger charge is 2.17. The lowest BCUT2D eigenvalue weighted by Gasteiger charge is -2.19. The van der Waals surface area contributed by atoms with Gasteiger partial charge in [0.15, 0.2) is 0 Å². The molecular weight excluding hydrogens is 365 g/mol. The number of aromatic hydroxyl groups is 2. The second-order valence-corrected chi connectivity index (χ2v) is 5.91. The highest BCUT2D eigenvalue weighted by atomic mass is 79.9. The van der Waals surface area contributed by atoms with Gasteiger partial charge in [-0.05, 0) is 47.1 Å². The molecule has 1 unspecified atom stereocenters. The van der Waals surface area contributed by atoms with Crippen LogP contribution in [0.15, 0.2) is 34.8 Å². The van der Waals surface area contributed by atoms with Crippen LogP contribution in [0.3, 0.4) is 0 Å². The molecule has 1 atom stereocenters. The van der Waals surface area contributed by atoms with Gasteiger partial charge in [-0.25, -0.2) is 0 Å². The second-order valence-electron chi connectivity index (χ2n) is 4.30. The van der Waals surface area contributed by atoms with Crippen LogP contribution >= 0.6 is 39.1 Å². The van der Waals surface area contributed by atoms with Gasteiger partial charge in [-0.15, -0.1) is 0 Å². The molecule has 0 aromatic heterocycles. The number of anilines is 1. The number of phenols is 2. The summed E-state index contributed by atoms with van der Waals surface area (Å²) in [6.07, 6.45) is 0. The van der Waals surface area contributed by atoms with E-state index in [4.69, 9.17) is 23.2 Å². The third-order valence-electron chi connectivity index (χ3n) is 2.90. The standard InChI is InChI=1S/C14H12BrCl2NO2/c1-7(12-10(19)3-2-4-11(12)20)18-9-6-5-8(15)13(16)14(9)17/h2-7,18-20H,1H3. The molecule has 0 saturated carbocycles. The Labute approximate surface area is 135 Å². The molecule has 0 fully saturated rings. The van der Waals surface area contributed by atoms with Gasteiger partial charge in [-0.3, -0.25) is 0 Å². The molecule has 0 amide bonds. The Morgan fingerprint density at radius 1 is 1.05 bits per heavy atom. The molecule has 0 bridgehead atoms. The summed E-state index contributed by atoms with van der Waals surface area (Å²) in [4.78, 5) is 0. The molecule has 3 nitrogen and oxygen atoms in total. The third kappa shape index (κ3) is 2.97. The lowest BCUT2D eigenvalue weighted by Crippen LogP contribution is -2.07. The summed E-state index contributed by atoms with van der Waals surface area (Å²) < 4.78 is 0.702. The Morgan fingerprint density at radius 2 is 1.65 bits per heavy atom. The van der Waals surface area contributed by atoms with Crippen molar-refractivity contribution < 1.29 is 10.2 Å². The molecule has 0 aliphatic carbocycles. The Hall–Kier alpha value is -1.10. The van der Waals surface area contributed by atoms with Crippen molar-refractivity contribution in [1.29, 1.82) is 0 Å². The van der Waals surface area contributed by atoms with E-state index in [1.165, 1.54) is 12.1 Å². The summed E-state index contributed by atoms with van der Waals surface area (Å²) >= 11 is 15.5. The summed E-state index contributed by atoms with van der Waals surface area (Å²) in [5.74, 6) is 0.0358. The highest BCUT2D eigenvalue weighted by Crippen LogP contribution is 2.39. The molecule has 6 heteroatoms. The molecule has 2 aromatic carbocycles.